The summed E-state index contributed by atoms with van der Waals surface area (Å²) in [6.45, 7) is 3.83. The van der Waals surface area contributed by atoms with Crippen molar-refractivity contribution in [2.75, 3.05) is 48.7 Å². The molecule has 234 valence electrons. The van der Waals surface area contributed by atoms with Crippen LogP contribution in [0, 0.1) is 0 Å². The van der Waals surface area contributed by atoms with E-state index < -0.39 is 0 Å². The Hall–Kier alpha value is -5.35. The molecular weight excluding hydrogens is 600 g/mol. The van der Waals surface area contributed by atoms with Gasteiger partial charge in [-0.15, -0.1) is 0 Å². The largest absolute Gasteiger partial charge is 0.493 e. The second-order valence-electron chi connectivity index (χ2n) is 10.9. The number of nitrogens with one attached hydrogen (secondary N) is 2. The lowest BCUT2D eigenvalue weighted by Crippen LogP contribution is -2.51. The summed E-state index contributed by atoms with van der Waals surface area (Å²) in [6.07, 6.45) is 4.12. The van der Waals surface area contributed by atoms with Gasteiger partial charge in [0.2, 0.25) is 5.95 Å². The van der Waals surface area contributed by atoms with Crippen molar-refractivity contribution in [3.63, 3.8) is 0 Å². The normalized spacial score (nSPS) is 12.9. The molecule has 2 amide bonds. The summed E-state index contributed by atoms with van der Waals surface area (Å²) in [7, 11) is 0. The van der Waals surface area contributed by atoms with Gasteiger partial charge < -0.3 is 30.9 Å². The lowest BCUT2D eigenvalue weighted by Gasteiger charge is -2.35. The highest BCUT2D eigenvalue weighted by Gasteiger charge is 2.21. The number of anilines is 4. The van der Waals surface area contributed by atoms with Gasteiger partial charge in [-0.3, -0.25) is 0 Å². The number of piperazine rings is 1. The molecule has 3 aromatic carbocycles. The van der Waals surface area contributed by atoms with Crippen LogP contribution in [0.1, 0.15) is 11.1 Å². The number of urea groups is 1. The van der Waals surface area contributed by atoms with E-state index in [9.17, 15) is 4.79 Å². The van der Waals surface area contributed by atoms with Gasteiger partial charge in [0.15, 0.2) is 5.82 Å². The molecule has 2 aromatic heterocycles. The lowest BCUT2D eigenvalue weighted by molar-refractivity contribution is 0.194. The fourth-order valence-corrected chi connectivity index (χ4v) is 5.37. The van der Waals surface area contributed by atoms with Gasteiger partial charge in [0.1, 0.15) is 16.6 Å². The maximum atomic E-state index is 12.6. The van der Waals surface area contributed by atoms with Crippen molar-refractivity contribution in [1.29, 1.82) is 0 Å². The van der Waals surface area contributed by atoms with E-state index in [-0.39, 0.29) is 12.0 Å². The number of nitrogens with zero attached hydrogens (tertiary/aromatic N) is 5. The van der Waals surface area contributed by atoms with Crippen LogP contribution in [0.25, 0.3) is 11.1 Å². The van der Waals surface area contributed by atoms with E-state index in [1.165, 1.54) is 11.8 Å². The predicted octanol–water partition coefficient (Wildman–Crippen LogP) is 6.17. The summed E-state index contributed by atoms with van der Waals surface area (Å²) < 4.78 is 6.05. The molecule has 0 unspecified atom stereocenters. The third-order valence-corrected chi connectivity index (χ3v) is 7.98. The van der Waals surface area contributed by atoms with Crippen LogP contribution in [0.3, 0.4) is 0 Å². The first-order valence-corrected chi connectivity index (χ1v) is 15.5. The minimum atomic E-state index is -0.0301. The Kier molecular flexibility index (Phi) is 9.75. The van der Waals surface area contributed by atoms with Crippen molar-refractivity contribution in [2.24, 2.45) is 0 Å². The van der Waals surface area contributed by atoms with Gasteiger partial charge in [0.05, 0.1) is 12.8 Å². The molecule has 6 rings (SSSR count). The predicted molar refractivity (Wildman–Crippen MR) is 183 cm³/mol. The smallest absolute Gasteiger partial charge is 0.317 e. The third kappa shape index (κ3) is 8.02. The van der Waals surface area contributed by atoms with E-state index in [4.69, 9.17) is 27.1 Å². The zero-order valence-corrected chi connectivity index (χ0v) is 26.0. The highest BCUT2D eigenvalue weighted by molar-refractivity contribution is 6.32. The molecule has 46 heavy (non-hydrogen) atoms. The molecule has 10 nitrogen and oxygen atoms in total. The summed E-state index contributed by atoms with van der Waals surface area (Å²) in [4.78, 5) is 29.5. The van der Waals surface area contributed by atoms with Gasteiger partial charge >= 0.3 is 6.03 Å². The fraction of sp³-hybridized carbons (Fsp3) is 0.200. The first-order valence-electron chi connectivity index (χ1n) is 15.1. The Bertz CT molecular complexity index is 1760. The molecule has 4 N–H and O–H groups in total. The molecule has 1 fully saturated rings. The number of hydrogen-bond acceptors (Lipinski definition) is 8. The maximum Gasteiger partial charge on any atom is 0.317 e. The third-order valence-electron chi connectivity index (χ3n) is 7.70. The van der Waals surface area contributed by atoms with Crippen molar-refractivity contribution in [2.45, 2.75) is 13.0 Å². The molecule has 3 heterocycles. The van der Waals surface area contributed by atoms with Gasteiger partial charge in [-0.25, -0.2) is 14.8 Å². The molecule has 0 spiro atoms. The van der Waals surface area contributed by atoms with Crippen LogP contribution in [0.2, 0.25) is 5.02 Å². The number of halogens is 1. The first kappa shape index (κ1) is 30.7. The van der Waals surface area contributed by atoms with Crippen molar-refractivity contribution < 1.29 is 9.53 Å². The van der Waals surface area contributed by atoms with E-state index in [2.05, 4.69) is 61.9 Å². The van der Waals surface area contributed by atoms with Gasteiger partial charge in [-0.2, -0.15) is 4.98 Å². The Morgan fingerprint density at radius 3 is 2.46 bits per heavy atom. The van der Waals surface area contributed by atoms with Crippen molar-refractivity contribution in [3.05, 3.63) is 120 Å². The first-order chi connectivity index (χ1) is 22.5. The molecule has 0 saturated carbocycles. The van der Waals surface area contributed by atoms with Crippen molar-refractivity contribution >= 4 is 40.9 Å². The number of pyridine rings is 1. The number of benzene rings is 3. The van der Waals surface area contributed by atoms with E-state index in [1.807, 2.05) is 65.7 Å². The highest BCUT2D eigenvalue weighted by Crippen LogP contribution is 2.26. The second-order valence-corrected chi connectivity index (χ2v) is 11.3. The summed E-state index contributed by atoms with van der Waals surface area (Å²) in [5.74, 6) is 2.23. The van der Waals surface area contributed by atoms with Crippen LogP contribution in [0.4, 0.5) is 28.1 Å². The number of amides is 2. The van der Waals surface area contributed by atoms with E-state index in [0.717, 1.165) is 53.5 Å². The van der Waals surface area contributed by atoms with Gasteiger partial charge in [-0.1, -0.05) is 72.3 Å². The Labute approximate surface area is 273 Å². The van der Waals surface area contributed by atoms with Crippen LogP contribution < -0.4 is 26.0 Å². The van der Waals surface area contributed by atoms with Gasteiger partial charge in [-0.05, 0) is 41.0 Å². The van der Waals surface area contributed by atoms with Crippen LogP contribution in [0.15, 0.2) is 103 Å². The molecule has 0 aliphatic carbocycles. The summed E-state index contributed by atoms with van der Waals surface area (Å²) in [5.41, 5.74) is 10.9. The number of hydrogen-bond donors (Lipinski definition) is 3. The zero-order chi connectivity index (χ0) is 31.7. The van der Waals surface area contributed by atoms with Gasteiger partial charge in [0, 0.05) is 62.7 Å². The molecule has 5 aromatic rings. The molecule has 1 aliphatic heterocycles. The molecule has 11 heteroatoms. The Balaban J connectivity index is 0.983. The number of nitrogens with two attached hydrogens (primary N) is 1. The molecule has 0 bridgehead atoms. The Morgan fingerprint density at radius 1 is 0.848 bits per heavy atom. The molecule has 0 radical (unpaired) electrons. The van der Waals surface area contributed by atoms with Crippen molar-refractivity contribution in [3.8, 4) is 16.9 Å². The molecule has 1 aliphatic rings. The second kappa shape index (κ2) is 14.6. The minimum absolute atomic E-state index is 0.0301. The van der Waals surface area contributed by atoms with Crippen LogP contribution in [-0.2, 0) is 13.0 Å². The van der Waals surface area contributed by atoms with Crippen molar-refractivity contribution in [1.82, 2.24) is 25.2 Å². The minimum Gasteiger partial charge on any atom is -0.493 e. The lowest BCUT2D eigenvalue weighted by atomic mass is 10.0. The number of carbonyl (C=O) groups excluding carboxylic acids is 1. The maximum absolute atomic E-state index is 12.6. The highest BCUT2D eigenvalue weighted by atomic mass is 35.5. The number of ether oxygens (including phenoxy) is 1. The van der Waals surface area contributed by atoms with E-state index in [1.54, 1.807) is 0 Å². The Morgan fingerprint density at radius 2 is 1.65 bits per heavy atom. The monoisotopic (exact) mass is 634 g/mol. The number of carbonyl (C=O) groups is 1. The summed E-state index contributed by atoms with van der Waals surface area (Å²) in [6, 6.07) is 30.1. The SMILES string of the molecule is Nc1ncc(Cl)c(Nc2cccc(OCCc3cccc(-c4ccc(N5CCN(C(=O)NCc6ccccc6)CC5)nc4)c3)c2)n1. The van der Waals surface area contributed by atoms with Crippen LogP contribution in [0.5, 0.6) is 5.75 Å². The zero-order valence-electron chi connectivity index (χ0n) is 25.3. The van der Waals surface area contributed by atoms with Gasteiger partial charge in [0.25, 0.3) is 0 Å². The number of aromatic nitrogens is 3. The van der Waals surface area contributed by atoms with E-state index >= 15 is 0 Å². The standard InChI is InChI=1S/C35H35ClN8O2/c36-31-24-39-34(37)42-33(31)41-29-10-5-11-30(21-29)46-19-14-25-8-4-9-27(20-25)28-12-13-32(38-23-28)43-15-17-44(18-16-43)35(45)40-22-26-6-2-1-3-7-26/h1-13,20-21,23-24H,14-19,22H2,(H,40,45)(H3,37,39,41,42). The molecule has 0 atom stereocenters. The molecular formula is C35H35ClN8O2. The average molecular weight is 635 g/mol. The summed E-state index contributed by atoms with van der Waals surface area (Å²) >= 11 is 6.18. The quantitative estimate of drug-likeness (QED) is 0.167. The van der Waals surface area contributed by atoms with E-state index in [0.29, 0.717) is 37.1 Å². The van der Waals surface area contributed by atoms with Crippen LogP contribution in [-0.4, -0.2) is 58.7 Å². The molecule has 1 saturated heterocycles. The topological polar surface area (TPSA) is 122 Å². The van der Waals surface area contributed by atoms with Crippen LogP contribution >= 0.6 is 11.6 Å². The average Bonchev–Trinajstić information content (AvgIpc) is 3.10. The summed E-state index contributed by atoms with van der Waals surface area (Å²) in [5, 5.41) is 6.56. The fourth-order valence-electron chi connectivity index (χ4n) is 5.23. The number of nitrogen functional groups attached to an aromatic ring is 1. The number of rotatable bonds is 10.